The Morgan fingerprint density at radius 3 is 2.23 bits per heavy atom. The number of halogens is 8. The molecule has 1 aromatic rings. The third kappa shape index (κ3) is 4.73. The van der Waals surface area contributed by atoms with Gasteiger partial charge in [0.15, 0.2) is 11.9 Å². The van der Waals surface area contributed by atoms with Crippen molar-refractivity contribution in [1.82, 2.24) is 15.0 Å². The summed E-state index contributed by atoms with van der Waals surface area (Å²) in [6, 6.07) is -2.92. The van der Waals surface area contributed by atoms with Gasteiger partial charge in [0.2, 0.25) is 11.9 Å². The first-order valence-electron chi connectivity index (χ1n) is 8.86. The van der Waals surface area contributed by atoms with Gasteiger partial charge in [-0.15, -0.1) is 0 Å². The molecule has 3 rings (SSSR count). The van der Waals surface area contributed by atoms with Gasteiger partial charge in [0.05, 0.1) is 0 Å². The summed E-state index contributed by atoms with van der Waals surface area (Å²) in [5, 5.41) is 13.9. The summed E-state index contributed by atoms with van der Waals surface area (Å²) in [5.41, 5.74) is -0.527. The first kappa shape index (κ1) is 22.4. The smallest absolute Gasteiger partial charge is 0.380 e. The van der Waals surface area contributed by atoms with Crippen LogP contribution < -0.4 is 10.6 Å². The molecule has 1 heterocycles. The Kier molecular flexibility index (Phi) is 5.58. The predicted octanol–water partition coefficient (Wildman–Crippen LogP) is 3.91. The molecule has 0 aliphatic heterocycles. The number of nitrogens with one attached hydrogen (secondary N) is 2. The summed E-state index contributed by atoms with van der Waals surface area (Å²) in [7, 11) is 0. The van der Waals surface area contributed by atoms with Crippen molar-refractivity contribution in [3.05, 3.63) is 11.7 Å². The molecule has 0 saturated heterocycles. The maximum absolute atomic E-state index is 14.3. The van der Waals surface area contributed by atoms with Crippen molar-refractivity contribution in [2.45, 2.75) is 68.8 Å². The van der Waals surface area contributed by atoms with E-state index in [4.69, 9.17) is 0 Å². The minimum atomic E-state index is -4.69. The Morgan fingerprint density at radius 1 is 1.07 bits per heavy atom. The van der Waals surface area contributed by atoms with Crippen LogP contribution in [-0.4, -0.2) is 56.3 Å². The van der Waals surface area contributed by atoms with Gasteiger partial charge in [-0.1, -0.05) is 0 Å². The number of alkyl halides is 7. The summed E-state index contributed by atoms with van der Waals surface area (Å²) in [6.07, 6.45) is -10.1. The highest BCUT2D eigenvalue weighted by Gasteiger charge is 2.47. The van der Waals surface area contributed by atoms with Gasteiger partial charge in [-0.2, -0.15) is 28.1 Å². The molecular formula is C16H17F8N5O. The van der Waals surface area contributed by atoms with Crippen molar-refractivity contribution in [1.29, 1.82) is 0 Å². The third-order valence-electron chi connectivity index (χ3n) is 4.80. The van der Waals surface area contributed by atoms with E-state index in [0.717, 1.165) is 6.92 Å². The first-order valence-corrected chi connectivity index (χ1v) is 8.86. The van der Waals surface area contributed by atoms with E-state index >= 15 is 0 Å². The highest BCUT2D eigenvalue weighted by atomic mass is 19.4. The number of nitrogens with zero attached hydrogens (tertiary/aromatic N) is 3. The summed E-state index contributed by atoms with van der Waals surface area (Å²) >= 11 is 0. The highest BCUT2D eigenvalue weighted by molar-refractivity contribution is 5.66. The van der Waals surface area contributed by atoms with Crippen LogP contribution in [0.25, 0.3) is 5.57 Å². The second kappa shape index (κ2) is 7.46. The zero-order valence-corrected chi connectivity index (χ0v) is 15.4. The fraction of sp³-hybridized carbons (Fsp3) is 0.688. The zero-order valence-electron chi connectivity index (χ0n) is 15.4. The maximum Gasteiger partial charge on any atom is 0.408 e. The Hall–Kier alpha value is -2.25. The molecule has 14 heteroatoms. The molecule has 30 heavy (non-hydrogen) atoms. The summed E-state index contributed by atoms with van der Waals surface area (Å²) in [5.74, 6) is -9.93. The van der Waals surface area contributed by atoms with E-state index in [1.165, 1.54) is 0 Å². The molecule has 168 valence electrons. The van der Waals surface area contributed by atoms with E-state index in [1.54, 1.807) is 0 Å². The molecule has 2 atom stereocenters. The minimum absolute atomic E-state index is 0.426. The molecule has 3 N–H and O–H groups in total. The van der Waals surface area contributed by atoms with E-state index in [1.807, 2.05) is 5.32 Å². The van der Waals surface area contributed by atoms with E-state index in [9.17, 15) is 40.2 Å². The number of aliphatic hydroxyl groups is 1. The summed E-state index contributed by atoms with van der Waals surface area (Å²) in [4.78, 5) is 11.1. The van der Waals surface area contributed by atoms with Crippen LogP contribution in [0.15, 0.2) is 5.83 Å². The van der Waals surface area contributed by atoms with Crippen LogP contribution in [0.4, 0.5) is 47.0 Å². The number of aliphatic hydroxyl groups excluding tert-OH is 1. The number of hydrogen-bond donors (Lipinski definition) is 3. The van der Waals surface area contributed by atoms with Crippen LogP contribution in [0.2, 0.25) is 0 Å². The van der Waals surface area contributed by atoms with E-state index in [-0.39, 0.29) is 0 Å². The topological polar surface area (TPSA) is 83.0 Å². The van der Waals surface area contributed by atoms with Gasteiger partial charge in [0, 0.05) is 30.9 Å². The number of allylic oxidation sites excluding steroid dienone is 1. The van der Waals surface area contributed by atoms with Crippen LogP contribution in [0, 0.1) is 0 Å². The van der Waals surface area contributed by atoms with E-state index < -0.39 is 91.0 Å². The van der Waals surface area contributed by atoms with Gasteiger partial charge in [-0.3, -0.25) is 0 Å². The van der Waals surface area contributed by atoms with Gasteiger partial charge in [0.1, 0.15) is 11.9 Å². The van der Waals surface area contributed by atoms with Crippen LogP contribution >= 0.6 is 0 Å². The normalized spacial score (nSPS) is 24.9. The number of hydrogen-bond acceptors (Lipinski definition) is 6. The predicted molar refractivity (Wildman–Crippen MR) is 88.8 cm³/mol. The second-order valence-corrected chi connectivity index (χ2v) is 7.31. The average Bonchev–Trinajstić information content (AvgIpc) is 2.57. The molecule has 2 unspecified atom stereocenters. The second-order valence-electron chi connectivity index (χ2n) is 7.31. The van der Waals surface area contributed by atoms with Gasteiger partial charge in [0.25, 0.3) is 11.8 Å². The molecule has 0 aromatic carbocycles. The largest absolute Gasteiger partial charge is 0.408 e. The molecule has 1 aromatic heterocycles. The number of rotatable bonds is 5. The van der Waals surface area contributed by atoms with Gasteiger partial charge in [-0.25, -0.2) is 22.0 Å². The zero-order chi connectivity index (χ0) is 22.5. The maximum atomic E-state index is 14.3. The van der Waals surface area contributed by atoms with E-state index in [2.05, 4.69) is 20.3 Å². The molecule has 0 spiro atoms. The standard InChI is InChI=1S/C16H17F8N5O/c1-6(16(22,23)24)25-12-27-11(8-2-3-15(20,21)10(30)9(8)17)28-13(29-12)26-7-4-14(18,19)5-7/h6-7,10,30H,2-5H2,1H3,(H2,25,26,27,28,29). The Morgan fingerprint density at radius 2 is 1.67 bits per heavy atom. The van der Waals surface area contributed by atoms with E-state index in [0.29, 0.717) is 0 Å². The van der Waals surface area contributed by atoms with Crippen LogP contribution in [0.1, 0.15) is 38.4 Å². The Balaban J connectivity index is 1.94. The quantitative estimate of drug-likeness (QED) is 0.594. The lowest BCUT2D eigenvalue weighted by Crippen LogP contribution is -2.44. The Bertz CT molecular complexity index is 835. The van der Waals surface area contributed by atoms with Crippen molar-refractivity contribution >= 4 is 17.5 Å². The van der Waals surface area contributed by atoms with Crippen molar-refractivity contribution in [2.75, 3.05) is 10.6 Å². The van der Waals surface area contributed by atoms with Crippen LogP contribution in [0.3, 0.4) is 0 Å². The third-order valence-corrected chi connectivity index (χ3v) is 4.80. The lowest BCUT2D eigenvalue weighted by Gasteiger charge is -2.35. The molecule has 1 saturated carbocycles. The van der Waals surface area contributed by atoms with Crippen LogP contribution in [0.5, 0.6) is 0 Å². The van der Waals surface area contributed by atoms with Crippen molar-refractivity contribution in [3.8, 4) is 0 Å². The average molecular weight is 447 g/mol. The fourth-order valence-corrected chi connectivity index (χ4v) is 2.98. The number of anilines is 2. The molecular weight excluding hydrogens is 430 g/mol. The molecule has 0 amide bonds. The Labute approximate surface area is 164 Å². The molecule has 2 aliphatic carbocycles. The van der Waals surface area contributed by atoms with Gasteiger partial charge >= 0.3 is 6.18 Å². The van der Waals surface area contributed by atoms with Crippen molar-refractivity contribution in [2.24, 2.45) is 0 Å². The lowest BCUT2D eigenvalue weighted by molar-refractivity contribution is -0.138. The highest BCUT2D eigenvalue weighted by Crippen LogP contribution is 2.42. The molecule has 6 nitrogen and oxygen atoms in total. The molecule has 0 bridgehead atoms. The first-order chi connectivity index (χ1) is 13.7. The molecule has 0 radical (unpaired) electrons. The lowest BCUT2D eigenvalue weighted by atomic mass is 9.88. The molecule has 2 aliphatic rings. The summed E-state index contributed by atoms with van der Waals surface area (Å²) in [6.45, 7) is 0.758. The number of aromatic nitrogens is 3. The molecule has 1 fully saturated rings. The van der Waals surface area contributed by atoms with Crippen molar-refractivity contribution in [3.63, 3.8) is 0 Å². The van der Waals surface area contributed by atoms with Gasteiger partial charge < -0.3 is 15.7 Å². The van der Waals surface area contributed by atoms with Crippen LogP contribution in [-0.2, 0) is 0 Å². The SMILES string of the molecule is CC(Nc1nc(NC2CC(F)(F)C2)nc(C2=C(F)C(O)C(F)(F)CC2)n1)C(F)(F)F. The monoisotopic (exact) mass is 447 g/mol. The summed E-state index contributed by atoms with van der Waals surface area (Å²) < 4.78 is 106. The minimum Gasteiger partial charge on any atom is -0.380 e. The van der Waals surface area contributed by atoms with Crippen molar-refractivity contribution < 1.29 is 40.2 Å². The fourth-order valence-electron chi connectivity index (χ4n) is 2.98. The van der Waals surface area contributed by atoms with Gasteiger partial charge in [-0.05, 0) is 13.3 Å².